The molecule has 46 valence electrons. The minimum atomic E-state index is -0.935. The summed E-state index contributed by atoms with van der Waals surface area (Å²) in [4.78, 5) is 20.3. The first-order chi connectivity index (χ1) is 3.55. The van der Waals surface area contributed by atoms with Gasteiger partial charge in [0, 0.05) is 0 Å². The summed E-state index contributed by atoms with van der Waals surface area (Å²) in [6.45, 7) is 1.27. The summed E-state index contributed by atoms with van der Waals surface area (Å²) in [5, 5.41) is -0.935. The summed E-state index contributed by atoms with van der Waals surface area (Å²) in [7, 11) is 0. The monoisotopic (exact) mass is 133 g/mol. The van der Waals surface area contributed by atoms with E-state index in [0.717, 1.165) is 0 Å². The van der Waals surface area contributed by atoms with E-state index in [1.807, 2.05) is 0 Å². The lowest BCUT2D eigenvalue weighted by Gasteiger charge is -1.96. The number of nitrogens with two attached hydrogens (primary N) is 1. The number of ketones is 1. The van der Waals surface area contributed by atoms with Gasteiger partial charge in [-0.3, -0.25) is 9.59 Å². The standard InChI is InChI=1S/C4H7NO2S/c1-2(6)3(8)4(5)7/h3,8H,1H3,(H2,5,7). The van der Waals surface area contributed by atoms with Crippen LogP contribution >= 0.6 is 12.6 Å². The molecule has 1 amide bonds. The highest BCUT2D eigenvalue weighted by Crippen LogP contribution is 1.92. The van der Waals surface area contributed by atoms with Crippen LogP contribution in [0.25, 0.3) is 0 Å². The number of carbonyl (C=O) groups is 2. The molecule has 0 radical (unpaired) electrons. The Morgan fingerprint density at radius 2 is 2.00 bits per heavy atom. The highest BCUT2D eigenvalue weighted by molar-refractivity contribution is 7.82. The molecule has 1 atom stereocenters. The summed E-state index contributed by atoms with van der Waals surface area (Å²) >= 11 is 3.60. The third-order valence-electron chi connectivity index (χ3n) is 0.655. The SMILES string of the molecule is CC(=O)C(S)C(N)=O. The lowest BCUT2D eigenvalue weighted by molar-refractivity contribution is -0.124. The molecule has 0 aliphatic rings. The van der Waals surface area contributed by atoms with Crippen LogP contribution in [0.2, 0.25) is 0 Å². The van der Waals surface area contributed by atoms with E-state index < -0.39 is 11.2 Å². The molecule has 4 heteroatoms. The van der Waals surface area contributed by atoms with E-state index in [1.54, 1.807) is 0 Å². The van der Waals surface area contributed by atoms with Crippen molar-refractivity contribution in [1.29, 1.82) is 0 Å². The van der Waals surface area contributed by atoms with E-state index in [4.69, 9.17) is 5.73 Å². The third-order valence-corrected chi connectivity index (χ3v) is 1.27. The van der Waals surface area contributed by atoms with Gasteiger partial charge in [-0.25, -0.2) is 0 Å². The van der Waals surface area contributed by atoms with Crippen LogP contribution in [0.1, 0.15) is 6.92 Å². The number of Topliss-reactive ketones (excluding diaryl/α,β-unsaturated/α-hetero) is 1. The van der Waals surface area contributed by atoms with Crippen LogP contribution in [-0.2, 0) is 9.59 Å². The second kappa shape index (κ2) is 2.71. The number of rotatable bonds is 2. The molecule has 0 rings (SSSR count). The largest absolute Gasteiger partial charge is 0.368 e. The van der Waals surface area contributed by atoms with Crippen molar-refractivity contribution < 1.29 is 9.59 Å². The van der Waals surface area contributed by atoms with Gasteiger partial charge in [0.15, 0.2) is 5.78 Å². The van der Waals surface area contributed by atoms with Gasteiger partial charge >= 0.3 is 0 Å². The molecule has 0 aromatic heterocycles. The molecule has 0 fully saturated rings. The molecule has 1 unspecified atom stereocenters. The molecule has 2 N–H and O–H groups in total. The van der Waals surface area contributed by atoms with Crippen molar-refractivity contribution in [3.63, 3.8) is 0 Å². The Morgan fingerprint density at radius 1 is 1.62 bits per heavy atom. The number of primary amides is 1. The molecule has 0 heterocycles. The first-order valence-corrected chi connectivity index (χ1v) is 2.55. The van der Waals surface area contributed by atoms with Gasteiger partial charge in [0.05, 0.1) is 0 Å². The van der Waals surface area contributed by atoms with E-state index >= 15 is 0 Å². The van der Waals surface area contributed by atoms with Crippen molar-refractivity contribution in [1.82, 2.24) is 0 Å². The molecule has 0 saturated heterocycles. The van der Waals surface area contributed by atoms with Crippen LogP contribution in [0.15, 0.2) is 0 Å². The van der Waals surface area contributed by atoms with Crippen molar-refractivity contribution in [2.75, 3.05) is 0 Å². The fraction of sp³-hybridized carbons (Fsp3) is 0.500. The normalized spacial score (nSPS) is 12.8. The maximum Gasteiger partial charge on any atom is 0.237 e. The second-order valence-electron chi connectivity index (χ2n) is 1.42. The molecule has 0 bridgehead atoms. The zero-order valence-electron chi connectivity index (χ0n) is 4.42. The van der Waals surface area contributed by atoms with Crippen molar-refractivity contribution in [2.45, 2.75) is 12.2 Å². The Hall–Kier alpha value is -0.510. The highest BCUT2D eigenvalue weighted by atomic mass is 32.1. The zero-order valence-corrected chi connectivity index (χ0v) is 5.31. The van der Waals surface area contributed by atoms with Gasteiger partial charge in [0.2, 0.25) is 5.91 Å². The van der Waals surface area contributed by atoms with Crippen molar-refractivity contribution in [3.05, 3.63) is 0 Å². The maximum atomic E-state index is 10.2. The van der Waals surface area contributed by atoms with Gasteiger partial charge in [0.25, 0.3) is 0 Å². The third kappa shape index (κ3) is 1.97. The number of carbonyl (C=O) groups excluding carboxylic acids is 2. The molecule has 0 aromatic rings. The van der Waals surface area contributed by atoms with Crippen LogP contribution in [0.5, 0.6) is 0 Å². The van der Waals surface area contributed by atoms with E-state index in [0.29, 0.717) is 0 Å². The summed E-state index contributed by atoms with van der Waals surface area (Å²) in [6.07, 6.45) is 0. The Bertz CT molecular complexity index is 109. The molecule has 0 saturated carbocycles. The van der Waals surface area contributed by atoms with E-state index in [1.165, 1.54) is 6.92 Å². The molecule has 0 aliphatic heterocycles. The first-order valence-electron chi connectivity index (χ1n) is 2.03. The summed E-state index contributed by atoms with van der Waals surface area (Å²) in [5.41, 5.74) is 4.70. The van der Waals surface area contributed by atoms with Gasteiger partial charge in [-0.05, 0) is 6.92 Å². The number of thiol groups is 1. The summed E-state index contributed by atoms with van der Waals surface area (Å²) in [6, 6.07) is 0. The molecule has 8 heavy (non-hydrogen) atoms. The Balaban J connectivity index is 3.83. The first kappa shape index (κ1) is 7.49. The quantitative estimate of drug-likeness (QED) is 0.389. The van der Waals surface area contributed by atoms with Crippen molar-refractivity contribution in [2.24, 2.45) is 5.73 Å². The van der Waals surface area contributed by atoms with Crippen molar-refractivity contribution in [3.8, 4) is 0 Å². The van der Waals surface area contributed by atoms with Crippen LogP contribution in [0, 0.1) is 0 Å². The fourth-order valence-corrected chi connectivity index (χ4v) is 0.200. The predicted octanol–water partition coefficient (Wildman–Crippen LogP) is -0.641. The van der Waals surface area contributed by atoms with Gasteiger partial charge in [-0.1, -0.05) is 0 Å². The smallest absolute Gasteiger partial charge is 0.237 e. The van der Waals surface area contributed by atoms with Crippen LogP contribution in [0.3, 0.4) is 0 Å². The maximum absolute atomic E-state index is 10.2. The molecular formula is C4H7NO2S. The van der Waals surface area contributed by atoms with Gasteiger partial charge in [-0.2, -0.15) is 12.6 Å². The van der Waals surface area contributed by atoms with Gasteiger partial charge in [0.1, 0.15) is 5.25 Å². The number of hydrogen-bond donors (Lipinski definition) is 2. The van der Waals surface area contributed by atoms with Crippen LogP contribution in [-0.4, -0.2) is 16.9 Å². The van der Waals surface area contributed by atoms with Crippen molar-refractivity contribution >= 4 is 24.3 Å². The summed E-state index contributed by atoms with van der Waals surface area (Å²) < 4.78 is 0. The lowest BCUT2D eigenvalue weighted by atomic mass is 10.3. The zero-order chi connectivity index (χ0) is 6.73. The molecule has 0 aliphatic carbocycles. The topological polar surface area (TPSA) is 60.2 Å². The van der Waals surface area contributed by atoms with E-state index in [2.05, 4.69) is 12.6 Å². The number of hydrogen-bond acceptors (Lipinski definition) is 3. The Labute approximate surface area is 52.7 Å². The van der Waals surface area contributed by atoms with E-state index in [9.17, 15) is 9.59 Å². The van der Waals surface area contributed by atoms with Crippen LogP contribution < -0.4 is 5.73 Å². The number of amides is 1. The van der Waals surface area contributed by atoms with Gasteiger partial charge < -0.3 is 5.73 Å². The highest BCUT2D eigenvalue weighted by Gasteiger charge is 2.13. The molecule has 0 spiro atoms. The molecule has 0 aromatic carbocycles. The minimum absolute atomic E-state index is 0.319. The summed E-state index contributed by atoms with van der Waals surface area (Å²) in [5.74, 6) is -1.01. The lowest BCUT2D eigenvalue weighted by Crippen LogP contribution is -2.29. The molecular weight excluding hydrogens is 126 g/mol. The van der Waals surface area contributed by atoms with Gasteiger partial charge in [-0.15, -0.1) is 0 Å². The van der Waals surface area contributed by atoms with E-state index in [-0.39, 0.29) is 5.78 Å². The fourth-order valence-electron chi connectivity index (χ4n) is 0.200. The molecule has 3 nitrogen and oxygen atoms in total. The average Bonchev–Trinajstić information content (AvgIpc) is 1.64. The second-order valence-corrected chi connectivity index (χ2v) is 1.93. The van der Waals surface area contributed by atoms with Crippen LogP contribution in [0.4, 0.5) is 0 Å². The Kier molecular flexibility index (Phi) is 2.54. The Morgan fingerprint density at radius 3 is 2.00 bits per heavy atom. The minimum Gasteiger partial charge on any atom is -0.368 e. The predicted molar refractivity (Wildman–Crippen MR) is 32.6 cm³/mol. The average molecular weight is 133 g/mol.